The fourth-order valence-electron chi connectivity index (χ4n) is 0.644. The summed E-state index contributed by atoms with van der Waals surface area (Å²) < 4.78 is 0. The maximum atomic E-state index is 2.30. The highest BCUT2D eigenvalue weighted by Gasteiger charge is 1.99. The molecule has 0 nitrogen and oxygen atoms in total. The Hall–Kier alpha value is 0. The summed E-state index contributed by atoms with van der Waals surface area (Å²) in [4.78, 5) is 0. The second kappa shape index (κ2) is 3.94. The lowest BCUT2D eigenvalue weighted by molar-refractivity contribution is 0.414. The zero-order chi connectivity index (χ0) is 6.57. The van der Waals surface area contributed by atoms with Gasteiger partial charge in [0.05, 0.1) is 0 Å². The van der Waals surface area contributed by atoms with Crippen LogP contribution < -0.4 is 0 Å². The van der Waals surface area contributed by atoms with Crippen LogP contribution in [-0.4, -0.2) is 0 Å². The van der Waals surface area contributed by atoms with Crippen molar-refractivity contribution in [2.24, 2.45) is 11.8 Å². The molecule has 8 heavy (non-hydrogen) atoms. The molecule has 0 saturated heterocycles. The van der Waals surface area contributed by atoms with Crippen LogP contribution in [0.15, 0.2) is 0 Å². The van der Waals surface area contributed by atoms with Gasteiger partial charge in [-0.25, -0.2) is 0 Å². The highest BCUT2D eigenvalue weighted by Crippen LogP contribution is 2.14. The predicted octanol–water partition coefficient (Wildman–Crippen LogP) is 2.89. The highest BCUT2D eigenvalue weighted by molar-refractivity contribution is 4.64. The van der Waals surface area contributed by atoms with Gasteiger partial charge in [0.25, 0.3) is 0 Å². The van der Waals surface area contributed by atoms with Crippen LogP contribution in [-0.2, 0) is 0 Å². The maximum Gasteiger partial charge on any atom is -0.0470 e. The average molecular weight is 113 g/mol. The van der Waals surface area contributed by atoms with Gasteiger partial charge < -0.3 is 6.42 Å². The number of hydrogen-bond donors (Lipinski definition) is 0. The second-order valence-electron chi connectivity index (χ2n) is 2.87. The van der Waals surface area contributed by atoms with Crippen molar-refractivity contribution in [3.05, 3.63) is 6.42 Å². The van der Waals surface area contributed by atoms with E-state index in [1.54, 1.807) is 0 Å². The van der Waals surface area contributed by atoms with Crippen molar-refractivity contribution >= 4 is 0 Å². The molecule has 0 heterocycles. The van der Waals surface area contributed by atoms with Gasteiger partial charge in [0.15, 0.2) is 0 Å². The van der Waals surface area contributed by atoms with Crippen molar-refractivity contribution in [1.82, 2.24) is 0 Å². The minimum Gasteiger partial charge on any atom is -0.331 e. The van der Waals surface area contributed by atoms with Crippen molar-refractivity contribution in [2.75, 3.05) is 0 Å². The first-order chi connectivity index (χ1) is 3.68. The van der Waals surface area contributed by atoms with Gasteiger partial charge in [-0.05, 0) is 5.92 Å². The van der Waals surface area contributed by atoms with Crippen molar-refractivity contribution < 1.29 is 0 Å². The Balaban J connectivity index is 3.17. The molecule has 0 heteroatoms. The lowest BCUT2D eigenvalue weighted by atomic mass is 9.94. The van der Waals surface area contributed by atoms with E-state index in [0.29, 0.717) is 0 Å². The van der Waals surface area contributed by atoms with Crippen LogP contribution in [0.1, 0.15) is 34.1 Å². The first-order valence-corrected chi connectivity index (χ1v) is 3.46. The van der Waals surface area contributed by atoms with Gasteiger partial charge in [0.2, 0.25) is 0 Å². The molecule has 0 rings (SSSR count). The topological polar surface area (TPSA) is 0 Å². The van der Waals surface area contributed by atoms with Gasteiger partial charge in [0.1, 0.15) is 0 Å². The summed E-state index contributed by atoms with van der Waals surface area (Å²) >= 11 is 0. The Bertz CT molecular complexity index is 46.0. The van der Waals surface area contributed by atoms with Crippen molar-refractivity contribution in [1.29, 1.82) is 0 Å². The lowest BCUT2D eigenvalue weighted by Crippen LogP contribution is -2.02. The van der Waals surface area contributed by atoms with Crippen LogP contribution in [0.5, 0.6) is 0 Å². The molecular weight excluding hydrogens is 96.1 g/mol. The van der Waals surface area contributed by atoms with E-state index in [1.807, 2.05) is 0 Å². The van der Waals surface area contributed by atoms with E-state index in [4.69, 9.17) is 0 Å². The summed E-state index contributed by atoms with van der Waals surface area (Å²) in [6, 6.07) is 0. The van der Waals surface area contributed by atoms with Gasteiger partial charge >= 0.3 is 0 Å². The molecule has 50 valence electrons. The molecule has 0 radical (unpaired) electrons. The van der Waals surface area contributed by atoms with Crippen LogP contribution in [0.25, 0.3) is 0 Å². The molecule has 0 bridgehead atoms. The van der Waals surface area contributed by atoms with Crippen molar-refractivity contribution in [2.45, 2.75) is 34.1 Å². The third kappa shape index (κ3) is 3.06. The molecule has 1 unspecified atom stereocenters. The smallest absolute Gasteiger partial charge is 0.0470 e. The molecule has 1 atom stereocenters. The molecule has 0 aliphatic rings. The molecule has 0 fully saturated rings. The summed E-state index contributed by atoms with van der Waals surface area (Å²) in [6.45, 7) is 8.96. The standard InChI is InChI=1S/C8H17/c1-5-6-8(4)7(2)3/h5,7-8H,6H2,1-4H3/q-1. The molecule has 0 aromatic carbocycles. The van der Waals surface area contributed by atoms with E-state index in [0.717, 1.165) is 11.8 Å². The second-order valence-corrected chi connectivity index (χ2v) is 2.87. The van der Waals surface area contributed by atoms with Crippen LogP contribution in [0, 0.1) is 18.3 Å². The number of rotatable bonds is 3. The Morgan fingerprint density at radius 2 is 1.75 bits per heavy atom. The average Bonchev–Trinajstić information content (AvgIpc) is 1.67. The Labute approximate surface area is 53.3 Å². The molecule has 0 aliphatic heterocycles. The van der Waals surface area contributed by atoms with Gasteiger partial charge in [0, 0.05) is 0 Å². The quantitative estimate of drug-likeness (QED) is 0.494. The van der Waals surface area contributed by atoms with E-state index in [1.165, 1.54) is 6.42 Å². The third-order valence-electron chi connectivity index (χ3n) is 1.75. The first-order valence-electron chi connectivity index (χ1n) is 3.46. The summed E-state index contributed by atoms with van der Waals surface area (Å²) in [5.41, 5.74) is 0. The Kier molecular flexibility index (Phi) is 3.94. The van der Waals surface area contributed by atoms with Crippen molar-refractivity contribution in [3.63, 3.8) is 0 Å². The SMILES string of the molecule is C[CH-]CC(C)C(C)C. The number of hydrogen-bond acceptors (Lipinski definition) is 0. The fraction of sp³-hybridized carbons (Fsp3) is 0.875. The molecule has 0 N–H and O–H groups in total. The van der Waals surface area contributed by atoms with Gasteiger partial charge in [-0.2, -0.15) is 13.3 Å². The van der Waals surface area contributed by atoms with Crippen molar-refractivity contribution in [3.8, 4) is 0 Å². The van der Waals surface area contributed by atoms with Gasteiger partial charge in [-0.15, -0.1) is 0 Å². The predicted molar refractivity (Wildman–Crippen MR) is 38.6 cm³/mol. The largest absolute Gasteiger partial charge is 0.331 e. The maximum absolute atomic E-state index is 2.30. The molecule has 0 aliphatic carbocycles. The monoisotopic (exact) mass is 113 g/mol. The van der Waals surface area contributed by atoms with Gasteiger partial charge in [-0.3, -0.25) is 0 Å². The summed E-state index contributed by atoms with van der Waals surface area (Å²) in [6.07, 6.45) is 3.50. The van der Waals surface area contributed by atoms with Crippen LogP contribution in [0.4, 0.5) is 0 Å². The molecule has 0 aromatic rings. The molecule has 0 aromatic heterocycles. The Morgan fingerprint density at radius 3 is 1.88 bits per heavy atom. The zero-order valence-electron chi connectivity index (χ0n) is 6.44. The molecule has 0 amide bonds. The van der Waals surface area contributed by atoms with E-state index in [9.17, 15) is 0 Å². The minimum absolute atomic E-state index is 0.839. The first kappa shape index (κ1) is 8.00. The summed E-state index contributed by atoms with van der Waals surface area (Å²) in [5, 5.41) is 0. The molecular formula is C8H17-. The van der Waals surface area contributed by atoms with Crippen LogP contribution in [0.2, 0.25) is 0 Å². The highest BCUT2D eigenvalue weighted by atomic mass is 14.1. The zero-order valence-corrected chi connectivity index (χ0v) is 6.44. The fourth-order valence-corrected chi connectivity index (χ4v) is 0.644. The van der Waals surface area contributed by atoms with Gasteiger partial charge in [-0.1, -0.05) is 26.7 Å². The van der Waals surface area contributed by atoms with E-state index >= 15 is 0 Å². The Morgan fingerprint density at radius 1 is 1.25 bits per heavy atom. The molecule has 0 saturated carbocycles. The molecule has 0 spiro atoms. The van der Waals surface area contributed by atoms with E-state index in [2.05, 4.69) is 34.1 Å². The van der Waals surface area contributed by atoms with E-state index < -0.39 is 0 Å². The summed E-state index contributed by atoms with van der Waals surface area (Å²) in [5.74, 6) is 1.70. The third-order valence-corrected chi connectivity index (χ3v) is 1.75. The minimum atomic E-state index is 0.839. The van der Waals surface area contributed by atoms with E-state index in [-0.39, 0.29) is 0 Å². The van der Waals surface area contributed by atoms with Crippen LogP contribution in [0.3, 0.4) is 0 Å². The lowest BCUT2D eigenvalue weighted by Gasteiger charge is -2.18. The summed E-state index contributed by atoms with van der Waals surface area (Å²) in [7, 11) is 0. The van der Waals surface area contributed by atoms with Crippen LogP contribution >= 0.6 is 0 Å². The normalized spacial score (nSPS) is 14.6.